The molecule has 1 aromatic carbocycles. The van der Waals surface area contributed by atoms with Crippen LogP contribution in [0, 0.1) is 11.6 Å². The maximum absolute atomic E-state index is 14.3. The minimum atomic E-state index is -0.623. The summed E-state index contributed by atoms with van der Waals surface area (Å²) in [5.74, 6) is -1.52. The van der Waals surface area contributed by atoms with Crippen molar-refractivity contribution in [2.75, 3.05) is 26.2 Å². The van der Waals surface area contributed by atoms with Gasteiger partial charge in [0, 0.05) is 13.1 Å². The maximum atomic E-state index is 14.3. The molecule has 0 saturated carbocycles. The molecule has 0 aromatic heterocycles. The Morgan fingerprint density at radius 2 is 1.81 bits per heavy atom. The summed E-state index contributed by atoms with van der Waals surface area (Å²) >= 11 is 0. The van der Waals surface area contributed by atoms with Gasteiger partial charge < -0.3 is 10.2 Å². The van der Waals surface area contributed by atoms with E-state index in [4.69, 9.17) is 0 Å². The van der Waals surface area contributed by atoms with Gasteiger partial charge in [0.15, 0.2) is 0 Å². The Balaban J connectivity index is 2.30. The van der Waals surface area contributed by atoms with E-state index >= 15 is 0 Å². The number of hydrogen-bond acceptors (Lipinski definition) is 2. The van der Waals surface area contributed by atoms with Gasteiger partial charge in [0.1, 0.15) is 11.6 Å². The normalized spacial score (nSPS) is 16.0. The van der Waals surface area contributed by atoms with Crippen molar-refractivity contribution in [3.63, 3.8) is 0 Å². The van der Waals surface area contributed by atoms with E-state index < -0.39 is 17.5 Å². The topological polar surface area (TPSA) is 32.3 Å². The lowest BCUT2D eigenvalue weighted by molar-refractivity contribution is 0.0767. The lowest BCUT2D eigenvalue weighted by atomic mass is 9.89. The first-order valence-electron chi connectivity index (χ1n) is 7.57. The third-order valence-corrected chi connectivity index (χ3v) is 4.15. The first-order chi connectivity index (χ1) is 10.1. The van der Waals surface area contributed by atoms with Gasteiger partial charge in [0.2, 0.25) is 0 Å². The molecular weight excluding hydrogens is 274 g/mol. The minimum Gasteiger partial charge on any atom is -0.339 e. The maximum Gasteiger partial charge on any atom is 0.256 e. The molecule has 1 amide bonds. The Kier molecular flexibility index (Phi) is 5.28. The number of piperidine rings is 1. The molecule has 1 aromatic rings. The van der Waals surface area contributed by atoms with Crippen molar-refractivity contribution < 1.29 is 13.6 Å². The van der Waals surface area contributed by atoms with E-state index in [9.17, 15) is 13.6 Å². The summed E-state index contributed by atoms with van der Waals surface area (Å²) in [6, 6.07) is 2.27. The highest BCUT2D eigenvalue weighted by Gasteiger charge is 2.24. The molecule has 1 saturated heterocycles. The lowest BCUT2D eigenvalue weighted by Gasteiger charge is -2.24. The van der Waals surface area contributed by atoms with E-state index in [0.717, 1.165) is 32.0 Å². The van der Waals surface area contributed by atoms with Crippen LogP contribution in [0.15, 0.2) is 12.1 Å². The van der Waals surface area contributed by atoms with Gasteiger partial charge in [-0.05, 0) is 63.4 Å². The molecule has 1 heterocycles. The largest absolute Gasteiger partial charge is 0.339 e. The Morgan fingerprint density at radius 3 is 2.38 bits per heavy atom. The van der Waals surface area contributed by atoms with Crippen LogP contribution in [-0.2, 0) is 0 Å². The van der Waals surface area contributed by atoms with E-state index in [1.54, 1.807) is 0 Å². The van der Waals surface area contributed by atoms with Gasteiger partial charge in [0.05, 0.1) is 5.56 Å². The molecule has 1 aliphatic heterocycles. The lowest BCUT2D eigenvalue weighted by Crippen LogP contribution is -2.31. The van der Waals surface area contributed by atoms with Crippen LogP contribution in [0.2, 0.25) is 0 Å². The number of carbonyl (C=O) groups is 1. The van der Waals surface area contributed by atoms with Gasteiger partial charge in [-0.1, -0.05) is 0 Å². The van der Waals surface area contributed by atoms with Gasteiger partial charge >= 0.3 is 0 Å². The van der Waals surface area contributed by atoms with E-state index in [1.165, 1.54) is 11.0 Å². The monoisotopic (exact) mass is 296 g/mol. The smallest absolute Gasteiger partial charge is 0.256 e. The van der Waals surface area contributed by atoms with Gasteiger partial charge in [-0.3, -0.25) is 4.79 Å². The van der Waals surface area contributed by atoms with E-state index in [-0.39, 0.29) is 11.5 Å². The molecule has 2 rings (SSSR count). The molecule has 0 atom stereocenters. The summed E-state index contributed by atoms with van der Waals surface area (Å²) in [7, 11) is 0. The number of benzene rings is 1. The molecule has 1 aliphatic rings. The van der Waals surface area contributed by atoms with Gasteiger partial charge in [-0.15, -0.1) is 0 Å². The third-order valence-electron chi connectivity index (χ3n) is 4.15. The molecule has 1 fully saturated rings. The molecule has 116 valence electrons. The van der Waals surface area contributed by atoms with E-state index in [1.807, 2.05) is 13.8 Å². The SMILES string of the molecule is CCN(CC)C(=O)c1cc(F)c(C2CCNCC2)cc1F. The van der Waals surface area contributed by atoms with Crippen LogP contribution >= 0.6 is 0 Å². The third kappa shape index (κ3) is 3.40. The van der Waals surface area contributed by atoms with E-state index in [2.05, 4.69) is 5.32 Å². The molecule has 0 unspecified atom stereocenters. The number of hydrogen-bond donors (Lipinski definition) is 1. The summed E-state index contributed by atoms with van der Waals surface area (Å²) in [5, 5.41) is 3.20. The second kappa shape index (κ2) is 6.98. The molecule has 0 aliphatic carbocycles. The summed E-state index contributed by atoms with van der Waals surface area (Å²) in [6.45, 7) is 6.22. The average Bonchev–Trinajstić information content (AvgIpc) is 2.51. The summed E-state index contributed by atoms with van der Waals surface area (Å²) in [5.41, 5.74) is 0.221. The van der Waals surface area contributed by atoms with Crippen LogP contribution in [0.1, 0.15) is 48.5 Å². The standard InChI is InChI=1S/C16H22F2N2O/c1-3-20(4-2)16(21)13-10-14(17)12(9-15(13)18)11-5-7-19-8-6-11/h9-11,19H,3-8H2,1-2H3. The zero-order valence-electron chi connectivity index (χ0n) is 12.6. The van der Waals surface area contributed by atoms with Crippen molar-refractivity contribution in [3.8, 4) is 0 Å². The average molecular weight is 296 g/mol. The molecule has 0 spiro atoms. The predicted octanol–water partition coefficient (Wildman–Crippen LogP) is 2.91. The first-order valence-corrected chi connectivity index (χ1v) is 7.57. The second-order valence-corrected chi connectivity index (χ2v) is 5.36. The van der Waals surface area contributed by atoms with E-state index in [0.29, 0.717) is 18.7 Å². The highest BCUT2D eigenvalue weighted by molar-refractivity contribution is 5.94. The van der Waals surface area contributed by atoms with Crippen molar-refractivity contribution >= 4 is 5.91 Å². The van der Waals surface area contributed by atoms with Gasteiger partial charge in [-0.25, -0.2) is 8.78 Å². The highest BCUT2D eigenvalue weighted by Crippen LogP contribution is 2.29. The van der Waals surface area contributed by atoms with Crippen LogP contribution in [-0.4, -0.2) is 37.0 Å². The van der Waals surface area contributed by atoms with Gasteiger partial charge in [-0.2, -0.15) is 0 Å². The van der Waals surface area contributed by atoms with Crippen molar-refractivity contribution in [2.24, 2.45) is 0 Å². The number of nitrogens with one attached hydrogen (secondary N) is 1. The van der Waals surface area contributed by atoms with Crippen LogP contribution in [0.3, 0.4) is 0 Å². The Morgan fingerprint density at radius 1 is 1.19 bits per heavy atom. The quantitative estimate of drug-likeness (QED) is 0.926. The van der Waals surface area contributed by atoms with Crippen molar-refractivity contribution in [2.45, 2.75) is 32.6 Å². The molecule has 0 radical (unpaired) electrons. The molecule has 21 heavy (non-hydrogen) atoms. The summed E-state index contributed by atoms with van der Waals surface area (Å²) in [4.78, 5) is 13.7. The Bertz CT molecular complexity index is 509. The molecule has 3 nitrogen and oxygen atoms in total. The van der Waals surface area contributed by atoms with Crippen LogP contribution in [0.5, 0.6) is 0 Å². The second-order valence-electron chi connectivity index (χ2n) is 5.36. The predicted molar refractivity (Wildman–Crippen MR) is 78.5 cm³/mol. The van der Waals surface area contributed by atoms with Crippen molar-refractivity contribution in [3.05, 3.63) is 34.9 Å². The fourth-order valence-electron chi connectivity index (χ4n) is 2.85. The first kappa shape index (κ1) is 15.9. The number of rotatable bonds is 4. The zero-order chi connectivity index (χ0) is 15.4. The van der Waals surface area contributed by atoms with Gasteiger partial charge in [0.25, 0.3) is 5.91 Å². The highest BCUT2D eigenvalue weighted by atomic mass is 19.1. The fraction of sp³-hybridized carbons (Fsp3) is 0.562. The molecular formula is C16H22F2N2O. The van der Waals surface area contributed by atoms with Crippen LogP contribution < -0.4 is 5.32 Å². The Hall–Kier alpha value is -1.49. The minimum absolute atomic E-state index is 0.0263. The Labute approximate surface area is 124 Å². The molecule has 5 heteroatoms. The number of carbonyl (C=O) groups excluding carboxylic acids is 1. The number of halogens is 2. The fourth-order valence-corrected chi connectivity index (χ4v) is 2.85. The molecule has 0 bridgehead atoms. The van der Waals surface area contributed by atoms with Crippen LogP contribution in [0.4, 0.5) is 8.78 Å². The summed E-state index contributed by atoms with van der Waals surface area (Å²) < 4.78 is 28.5. The summed E-state index contributed by atoms with van der Waals surface area (Å²) in [6.07, 6.45) is 1.58. The van der Waals surface area contributed by atoms with Crippen LogP contribution in [0.25, 0.3) is 0 Å². The van der Waals surface area contributed by atoms with Crippen molar-refractivity contribution in [1.29, 1.82) is 0 Å². The zero-order valence-corrected chi connectivity index (χ0v) is 12.6. The number of nitrogens with zero attached hydrogens (tertiary/aromatic N) is 1. The molecule has 1 N–H and O–H groups in total. The van der Waals surface area contributed by atoms with Crippen molar-refractivity contribution in [1.82, 2.24) is 10.2 Å². The number of amides is 1.